The van der Waals surface area contributed by atoms with Gasteiger partial charge in [0.1, 0.15) is 0 Å². The molecule has 0 radical (unpaired) electrons. The maximum absolute atomic E-state index is 3.74. The van der Waals surface area contributed by atoms with E-state index in [-0.39, 0.29) is 5.54 Å². The molecule has 0 aromatic carbocycles. The van der Waals surface area contributed by atoms with Gasteiger partial charge in [-0.3, -0.25) is 4.90 Å². The van der Waals surface area contributed by atoms with Crippen LogP contribution in [-0.4, -0.2) is 61.2 Å². The molecule has 1 N–H and O–H groups in total. The second-order valence-corrected chi connectivity index (χ2v) is 6.88. The van der Waals surface area contributed by atoms with Crippen LogP contribution in [0.25, 0.3) is 0 Å². The van der Waals surface area contributed by atoms with Crippen LogP contribution < -0.4 is 5.32 Å². The lowest BCUT2D eigenvalue weighted by atomic mass is 10.0. The Balaban J connectivity index is 2.25. The molecule has 1 aliphatic rings. The number of rotatable bonds is 8. The van der Waals surface area contributed by atoms with Crippen LogP contribution >= 0.6 is 0 Å². The van der Waals surface area contributed by atoms with Crippen molar-refractivity contribution in [3.8, 4) is 0 Å². The molecule has 3 nitrogen and oxygen atoms in total. The first-order chi connectivity index (χ1) is 8.95. The molecule has 1 rings (SSSR count). The zero-order valence-corrected chi connectivity index (χ0v) is 13.8. The van der Waals surface area contributed by atoms with Crippen molar-refractivity contribution in [2.75, 3.05) is 39.8 Å². The van der Waals surface area contributed by atoms with Crippen LogP contribution in [0.4, 0.5) is 0 Å². The van der Waals surface area contributed by atoms with Crippen LogP contribution in [0.3, 0.4) is 0 Å². The Morgan fingerprint density at radius 2 is 1.74 bits per heavy atom. The number of hydrogen-bond donors (Lipinski definition) is 1. The van der Waals surface area contributed by atoms with Crippen LogP contribution in [0.2, 0.25) is 0 Å². The summed E-state index contributed by atoms with van der Waals surface area (Å²) in [4.78, 5) is 5.06. The van der Waals surface area contributed by atoms with Gasteiger partial charge in [-0.05, 0) is 34.2 Å². The van der Waals surface area contributed by atoms with Gasteiger partial charge < -0.3 is 10.2 Å². The third kappa shape index (κ3) is 6.24. The summed E-state index contributed by atoms with van der Waals surface area (Å²) in [6, 6.07) is 0.651. The molecule has 0 amide bonds. The summed E-state index contributed by atoms with van der Waals surface area (Å²) in [7, 11) is 2.22. The van der Waals surface area contributed by atoms with Gasteiger partial charge in [-0.15, -0.1) is 0 Å². The van der Waals surface area contributed by atoms with E-state index in [4.69, 9.17) is 0 Å². The van der Waals surface area contributed by atoms with Crippen molar-refractivity contribution >= 4 is 0 Å². The Bertz CT molecular complexity index is 232. The van der Waals surface area contributed by atoms with Gasteiger partial charge in [0.25, 0.3) is 0 Å². The maximum atomic E-state index is 3.74. The molecule has 0 spiro atoms. The molecule has 1 saturated heterocycles. The van der Waals surface area contributed by atoms with Crippen molar-refractivity contribution in [3.05, 3.63) is 0 Å². The smallest absolute Gasteiger partial charge is 0.0278 e. The molecule has 0 aliphatic carbocycles. The van der Waals surface area contributed by atoms with Gasteiger partial charge in [-0.25, -0.2) is 0 Å². The minimum atomic E-state index is 0.278. The second-order valence-electron chi connectivity index (χ2n) is 6.88. The normalized spacial score (nSPS) is 20.7. The molecule has 19 heavy (non-hydrogen) atoms. The molecular weight excluding hydrogens is 234 g/mol. The quantitative estimate of drug-likeness (QED) is 0.683. The van der Waals surface area contributed by atoms with Crippen molar-refractivity contribution in [2.45, 2.75) is 65.0 Å². The Morgan fingerprint density at radius 1 is 1.11 bits per heavy atom. The number of likely N-dealkylation sites (N-methyl/N-ethyl adjacent to an activating group) is 1. The summed E-state index contributed by atoms with van der Waals surface area (Å²) in [5.41, 5.74) is 0.278. The minimum Gasteiger partial charge on any atom is -0.312 e. The molecule has 0 bridgehead atoms. The Morgan fingerprint density at radius 3 is 2.32 bits per heavy atom. The lowest BCUT2D eigenvalue weighted by Crippen LogP contribution is -2.58. The summed E-state index contributed by atoms with van der Waals surface area (Å²) in [5, 5.41) is 3.74. The first-order valence-electron chi connectivity index (χ1n) is 8.12. The molecule has 114 valence electrons. The van der Waals surface area contributed by atoms with Gasteiger partial charge in [0.15, 0.2) is 0 Å². The highest BCUT2D eigenvalue weighted by Gasteiger charge is 2.28. The molecule has 1 fully saturated rings. The third-order valence-corrected chi connectivity index (χ3v) is 4.48. The van der Waals surface area contributed by atoms with E-state index < -0.39 is 0 Å². The highest BCUT2D eigenvalue weighted by Crippen LogP contribution is 2.16. The van der Waals surface area contributed by atoms with Crippen molar-refractivity contribution in [3.63, 3.8) is 0 Å². The van der Waals surface area contributed by atoms with E-state index in [1.807, 2.05) is 0 Å². The van der Waals surface area contributed by atoms with Gasteiger partial charge >= 0.3 is 0 Å². The Labute approximate surface area is 120 Å². The third-order valence-electron chi connectivity index (χ3n) is 4.48. The fraction of sp³-hybridized carbons (Fsp3) is 1.00. The molecule has 0 aromatic heterocycles. The van der Waals surface area contributed by atoms with Crippen LogP contribution in [0.1, 0.15) is 53.4 Å². The summed E-state index contributed by atoms with van der Waals surface area (Å²) in [6.07, 6.45) is 5.36. The van der Waals surface area contributed by atoms with Gasteiger partial charge in [-0.2, -0.15) is 0 Å². The van der Waals surface area contributed by atoms with E-state index in [0.29, 0.717) is 6.04 Å². The molecule has 0 aromatic rings. The summed E-state index contributed by atoms with van der Waals surface area (Å²) in [5.74, 6) is 0. The molecule has 1 unspecified atom stereocenters. The zero-order valence-electron chi connectivity index (χ0n) is 13.8. The van der Waals surface area contributed by atoms with Crippen LogP contribution in [0, 0.1) is 0 Å². The van der Waals surface area contributed by atoms with E-state index in [1.54, 1.807) is 0 Å². The van der Waals surface area contributed by atoms with Crippen LogP contribution in [-0.2, 0) is 0 Å². The first kappa shape index (κ1) is 16.9. The topological polar surface area (TPSA) is 18.5 Å². The second kappa shape index (κ2) is 8.23. The highest BCUT2D eigenvalue weighted by atomic mass is 15.3. The van der Waals surface area contributed by atoms with Gasteiger partial charge in [0.05, 0.1) is 0 Å². The predicted molar refractivity (Wildman–Crippen MR) is 84.8 cm³/mol. The molecular formula is C16H35N3. The fourth-order valence-corrected chi connectivity index (χ4v) is 2.75. The predicted octanol–water partition coefficient (Wildman–Crippen LogP) is 2.57. The summed E-state index contributed by atoms with van der Waals surface area (Å²) in [6.45, 7) is 15.3. The Kier molecular flexibility index (Phi) is 7.33. The molecule has 1 heterocycles. The fourth-order valence-electron chi connectivity index (χ4n) is 2.75. The first-order valence-corrected chi connectivity index (χ1v) is 8.12. The number of piperazine rings is 1. The van der Waals surface area contributed by atoms with Crippen molar-refractivity contribution in [1.82, 2.24) is 15.1 Å². The van der Waals surface area contributed by atoms with E-state index in [0.717, 1.165) is 6.54 Å². The number of hydrogen-bond acceptors (Lipinski definition) is 3. The van der Waals surface area contributed by atoms with Crippen LogP contribution in [0.15, 0.2) is 0 Å². The largest absolute Gasteiger partial charge is 0.312 e. The van der Waals surface area contributed by atoms with Crippen molar-refractivity contribution < 1.29 is 0 Å². The van der Waals surface area contributed by atoms with E-state index in [1.165, 1.54) is 51.9 Å². The van der Waals surface area contributed by atoms with Crippen molar-refractivity contribution in [1.29, 1.82) is 0 Å². The van der Waals surface area contributed by atoms with E-state index in [2.05, 4.69) is 49.9 Å². The zero-order chi connectivity index (χ0) is 14.3. The van der Waals surface area contributed by atoms with E-state index in [9.17, 15) is 0 Å². The highest BCUT2D eigenvalue weighted by molar-refractivity contribution is 4.87. The average Bonchev–Trinajstić information content (AvgIpc) is 2.37. The maximum Gasteiger partial charge on any atom is 0.0278 e. The number of nitrogens with one attached hydrogen (secondary N) is 1. The monoisotopic (exact) mass is 269 g/mol. The van der Waals surface area contributed by atoms with Gasteiger partial charge in [0.2, 0.25) is 0 Å². The average molecular weight is 269 g/mol. The van der Waals surface area contributed by atoms with Crippen molar-refractivity contribution in [2.24, 2.45) is 0 Å². The number of nitrogens with zero attached hydrogens (tertiary/aromatic N) is 2. The molecule has 1 atom stereocenters. The summed E-state index contributed by atoms with van der Waals surface area (Å²) >= 11 is 0. The molecule has 3 heteroatoms. The van der Waals surface area contributed by atoms with Crippen LogP contribution in [0.5, 0.6) is 0 Å². The molecule has 1 aliphatic heterocycles. The molecule has 0 saturated carbocycles. The lowest BCUT2D eigenvalue weighted by Gasteiger charge is -2.43. The minimum absolute atomic E-state index is 0.278. The number of unbranched alkanes of at least 4 members (excludes halogenated alkanes) is 2. The van der Waals surface area contributed by atoms with E-state index >= 15 is 0 Å². The SMILES string of the molecule is CCCCCC(C)NCC(C)(C)N1CCN(C)CC1. The van der Waals surface area contributed by atoms with Gasteiger partial charge in [-0.1, -0.05) is 26.2 Å². The lowest BCUT2D eigenvalue weighted by molar-refractivity contribution is 0.0602. The Hall–Kier alpha value is -0.120. The van der Waals surface area contributed by atoms with Gasteiger partial charge in [0, 0.05) is 44.3 Å². The standard InChI is InChI=1S/C16H35N3/c1-6-7-8-9-15(2)17-14-16(3,4)19-12-10-18(5)11-13-19/h15,17H,6-14H2,1-5H3. The summed E-state index contributed by atoms with van der Waals surface area (Å²) < 4.78 is 0.